The molecule has 0 spiro atoms. The molecule has 0 aliphatic carbocycles. The number of allylic oxidation sites excluding steroid dienone is 2. The summed E-state index contributed by atoms with van der Waals surface area (Å²) in [6.07, 6.45) is 47.0. The lowest BCUT2D eigenvalue weighted by Crippen LogP contribution is -2.60. The Bertz CT molecular complexity index is 997. The van der Waals surface area contributed by atoms with Gasteiger partial charge in [-0.3, -0.25) is 4.79 Å². The molecule has 1 saturated heterocycles. The van der Waals surface area contributed by atoms with Gasteiger partial charge in [-0.05, 0) is 38.5 Å². The summed E-state index contributed by atoms with van der Waals surface area (Å²) in [4.78, 5) is 13.0. The number of rotatable bonds is 47. The van der Waals surface area contributed by atoms with Crippen molar-refractivity contribution in [2.75, 3.05) is 13.2 Å². The van der Waals surface area contributed by atoms with E-state index in [1.54, 1.807) is 0 Å². The van der Waals surface area contributed by atoms with Crippen molar-refractivity contribution < 1.29 is 39.8 Å². The van der Waals surface area contributed by atoms with E-state index in [9.17, 15) is 30.3 Å². The van der Waals surface area contributed by atoms with Gasteiger partial charge < -0.3 is 40.3 Å². The number of carbonyl (C=O) groups is 1. The van der Waals surface area contributed by atoms with Gasteiger partial charge in [-0.25, -0.2) is 0 Å². The predicted molar refractivity (Wildman–Crippen MR) is 263 cm³/mol. The van der Waals surface area contributed by atoms with Crippen molar-refractivity contribution in [3.63, 3.8) is 0 Å². The molecular formula is C54H105NO8. The third-order valence-corrected chi connectivity index (χ3v) is 13.4. The highest BCUT2D eigenvalue weighted by Gasteiger charge is 2.44. The van der Waals surface area contributed by atoms with Gasteiger partial charge in [0.1, 0.15) is 24.4 Å². The first-order valence-corrected chi connectivity index (χ1v) is 27.4. The Balaban J connectivity index is 2.06. The highest BCUT2D eigenvalue weighted by Crippen LogP contribution is 2.23. The maximum absolute atomic E-state index is 13.0. The monoisotopic (exact) mass is 896 g/mol. The van der Waals surface area contributed by atoms with Crippen molar-refractivity contribution in [1.29, 1.82) is 0 Å². The van der Waals surface area contributed by atoms with Crippen LogP contribution in [-0.2, 0) is 14.3 Å². The molecule has 6 N–H and O–H groups in total. The van der Waals surface area contributed by atoms with E-state index >= 15 is 0 Å². The fraction of sp³-hybridized carbons (Fsp3) is 0.944. The maximum atomic E-state index is 13.0. The van der Waals surface area contributed by atoms with Crippen LogP contribution in [0.4, 0.5) is 0 Å². The lowest BCUT2D eigenvalue weighted by molar-refractivity contribution is -0.302. The fourth-order valence-electron chi connectivity index (χ4n) is 8.98. The number of nitrogens with one attached hydrogen (secondary N) is 1. The number of hydrogen-bond acceptors (Lipinski definition) is 8. The van der Waals surface area contributed by atoms with Gasteiger partial charge in [0.05, 0.1) is 25.4 Å². The van der Waals surface area contributed by atoms with Gasteiger partial charge in [0.15, 0.2) is 6.29 Å². The fourth-order valence-corrected chi connectivity index (χ4v) is 8.98. The van der Waals surface area contributed by atoms with Gasteiger partial charge >= 0.3 is 0 Å². The number of aliphatic hydroxyl groups is 5. The first-order chi connectivity index (χ1) is 30.8. The van der Waals surface area contributed by atoms with Crippen LogP contribution >= 0.6 is 0 Å². The van der Waals surface area contributed by atoms with Gasteiger partial charge in [-0.1, -0.05) is 238 Å². The quantitative estimate of drug-likeness (QED) is 0.0261. The molecule has 1 aliphatic heterocycles. The molecule has 0 aromatic rings. The molecular weight excluding hydrogens is 791 g/mol. The predicted octanol–water partition coefficient (Wildman–Crippen LogP) is 12.8. The molecule has 0 saturated carbocycles. The molecule has 1 aliphatic rings. The first kappa shape index (κ1) is 59.9. The smallest absolute Gasteiger partial charge is 0.220 e. The van der Waals surface area contributed by atoms with Crippen molar-refractivity contribution in [2.24, 2.45) is 0 Å². The number of ether oxygens (including phenoxy) is 2. The minimum Gasteiger partial charge on any atom is -0.394 e. The van der Waals surface area contributed by atoms with E-state index in [-0.39, 0.29) is 12.5 Å². The molecule has 7 unspecified atom stereocenters. The summed E-state index contributed by atoms with van der Waals surface area (Å²) in [6.45, 7) is 3.83. The average molecular weight is 896 g/mol. The molecule has 1 rings (SSSR count). The number of hydrogen-bond donors (Lipinski definition) is 6. The molecule has 9 heteroatoms. The number of unbranched alkanes of at least 4 members (excludes halogenated alkanes) is 35. The second-order valence-corrected chi connectivity index (χ2v) is 19.4. The van der Waals surface area contributed by atoms with E-state index < -0.39 is 49.5 Å². The van der Waals surface area contributed by atoms with Crippen molar-refractivity contribution in [1.82, 2.24) is 5.32 Å². The Morgan fingerprint density at radius 3 is 1.29 bits per heavy atom. The topological polar surface area (TPSA) is 149 Å². The van der Waals surface area contributed by atoms with E-state index in [0.29, 0.717) is 12.8 Å². The molecule has 9 nitrogen and oxygen atoms in total. The Morgan fingerprint density at radius 1 is 0.524 bits per heavy atom. The molecule has 374 valence electrons. The lowest BCUT2D eigenvalue weighted by Gasteiger charge is -2.40. The summed E-state index contributed by atoms with van der Waals surface area (Å²) in [5.41, 5.74) is 0. The maximum Gasteiger partial charge on any atom is 0.220 e. The van der Waals surface area contributed by atoms with Gasteiger partial charge in [0.2, 0.25) is 5.91 Å². The molecule has 63 heavy (non-hydrogen) atoms. The van der Waals surface area contributed by atoms with Crippen LogP contribution in [0, 0.1) is 0 Å². The second-order valence-electron chi connectivity index (χ2n) is 19.4. The Morgan fingerprint density at radius 2 is 0.889 bits per heavy atom. The SMILES string of the molecule is CCCCCCCCCC/C=C\CCCCCCCCCCCCCCCCCCCCCC(=O)NC(COC1OC(CO)C(O)C(O)C1O)C(O)CCCCCCCCCCC. The zero-order chi connectivity index (χ0) is 45.9. The van der Waals surface area contributed by atoms with Crippen LogP contribution < -0.4 is 5.32 Å². The standard InChI is InChI=1S/C54H105NO8/c1-3-5-7-9-11-13-14-15-16-17-18-19-20-21-22-23-24-25-26-27-28-29-30-31-32-33-34-36-38-40-42-44-50(58)55-47(48(57)43-41-39-37-35-12-10-8-6-4-2)46-62-54-53(61)52(60)51(59)49(45-56)63-54/h17-18,47-49,51-54,56-57,59-61H,3-16,19-46H2,1-2H3,(H,55,58)/b18-17-. The highest BCUT2D eigenvalue weighted by molar-refractivity contribution is 5.76. The summed E-state index contributed by atoms with van der Waals surface area (Å²) >= 11 is 0. The van der Waals surface area contributed by atoms with E-state index in [0.717, 1.165) is 38.5 Å². The largest absolute Gasteiger partial charge is 0.394 e. The third kappa shape index (κ3) is 34.8. The lowest BCUT2D eigenvalue weighted by atomic mass is 9.99. The summed E-state index contributed by atoms with van der Waals surface area (Å²) in [5, 5.41) is 54.3. The van der Waals surface area contributed by atoms with Crippen molar-refractivity contribution in [2.45, 2.75) is 314 Å². The van der Waals surface area contributed by atoms with Crippen molar-refractivity contribution in [3.05, 3.63) is 12.2 Å². The van der Waals surface area contributed by atoms with Gasteiger partial charge in [-0.2, -0.15) is 0 Å². The molecule has 0 aromatic heterocycles. The summed E-state index contributed by atoms with van der Waals surface area (Å²) in [6, 6.07) is -0.712. The number of amides is 1. The van der Waals surface area contributed by atoms with Crippen LogP contribution in [0.15, 0.2) is 12.2 Å². The van der Waals surface area contributed by atoms with Crippen LogP contribution in [-0.4, -0.2) is 87.5 Å². The molecule has 7 atom stereocenters. The van der Waals surface area contributed by atoms with Crippen molar-refractivity contribution in [3.8, 4) is 0 Å². The van der Waals surface area contributed by atoms with Gasteiger partial charge in [0, 0.05) is 6.42 Å². The molecule has 0 radical (unpaired) electrons. The van der Waals surface area contributed by atoms with Crippen LogP contribution in [0.5, 0.6) is 0 Å². The Kier molecular flexibility index (Phi) is 42.6. The summed E-state index contributed by atoms with van der Waals surface area (Å²) in [5.74, 6) is -0.142. The van der Waals surface area contributed by atoms with Crippen LogP contribution in [0.1, 0.15) is 271 Å². The molecule has 1 amide bonds. The van der Waals surface area contributed by atoms with Crippen LogP contribution in [0.25, 0.3) is 0 Å². The van der Waals surface area contributed by atoms with E-state index in [2.05, 4.69) is 31.3 Å². The summed E-state index contributed by atoms with van der Waals surface area (Å²) < 4.78 is 11.3. The number of carbonyl (C=O) groups excluding carboxylic acids is 1. The van der Waals surface area contributed by atoms with Gasteiger partial charge in [-0.15, -0.1) is 0 Å². The second kappa shape index (κ2) is 44.7. The van der Waals surface area contributed by atoms with Crippen molar-refractivity contribution >= 4 is 5.91 Å². The minimum atomic E-state index is -1.55. The molecule has 1 heterocycles. The molecule has 0 bridgehead atoms. The van der Waals surface area contributed by atoms with E-state index in [1.165, 1.54) is 205 Å². The normalized spacial score (nSPS) is 20.1. The highest BCUT2D eigenvalue weighted by atomic mass is 16.7. The summed E-state index contributed by atoms with van der Waals surface area (Å²) in [7, 11) is 0. The van der Waals surface area contributed by atoms with E-state index in [4.69, 9.17) is 9.47 Å². The molecule has 0 aromatic carbocycles. The van der Waals surface area contributed by atoms with Crippen LogP contribution in [0.2, 0.25) is 0 Å². The third-order valence-electron chi connectivity index (χ3n) is 13.4. The molecule has 1 fully saturated rings. The van der Waals surface area contributed by atoms with Gasteiger partial charge in [0.25, 0.3) is 0 Å². The Labute approximate surface area is 388 Å². The number of aliphatic hydroxyl groups excluding tert-OH is 5. The zero-order valence-corrected chi connectivity index (χ0v) is 41.4. The van der Waals surface area contributed by atoms with E-state index in [1.807, 2.05) is 0 Å². The average Bonchev–Trinajstić information content (AvgIpc) is 3.28. The zero-order valence-electron chi connectivity index (χ0n) is 41.4. The van der Waals surface area contributed by atoms with Crippen LogP contribution in [0.3, 0.4) is 0 Å². The minimum absolute atomic E-state index is 0.134. The Hall–Kier alpha value is -1.07. The first-order valence-electron chi connectivity index (χ1n) is 27.4.